The van der Waals surface area contributed by atoms with Crippen molar-refractivity contribution in [3.05, 3.63) is 35.5 Å². The number of likely N-dealkylation sites (tertiary alicyclic amines) is 1. The van der Waals surface area contributed by atoms with E-state index >= 15 is 0 Å². The summed E-state index contributed by atoms with van der Waals surface area (Å²) in [5, 5.41) is 1.46. The topological polar surface area (TPSA) is 45.0 Å². The molecule has 0 spiro atoms. The van der Waals surface area contributed by atoms with E-state index in [2.05, 4.69) is 41.3 Å². The van der Waals surface area contributed by atoms with Crippen LogP contribution in [0.4, 0.5) is 0 Å². The number of benzene rings is 1. The second-order valence-electron chi connectivity index (χ2n) is 5.90. The van der Waals surface area contributed by atoms with Crippen LogP contribution in [0.5, 0.6) is 0 Å². The van der Waals surface area contributed by atoms with E-state index in [4.69, 9.17) is 5.73 Å². The first-order valence-corrected chi connectivity index (χ1v) is 6.78. The minimum absolute atomic E-state index is 0.312. The van der Waals surface area contributed by atoms with Gasteiger partial charge in [-0.05, 0) is 37.1 Å². The van der Waals surface area contributed by atoms with E-state index in [1.165, 1.54) is 22.0 Å². The summed E-state index contributed by atoms with van der Waals surface area (Å²) in [7, 11) is 2.22. The highest BCUT2D eigenvalue weighted by atomic mass is 15.2. The van der Waals surface area contributed by atoms with E-state index in [0.717, 1.165) is 19.4 Å². The van der Waals surface area contributed by atoms with Crippen LogP contribution in [0.2, 0.25) is 0 Å². The molecular formula is C15H19N3. The molecule has 1 aromatic carbocycles. The molecule has 2 heterocycles. The molecule has 1 aliphatic heterocycles. The van der Waals surface area contributed by atoms with Crippen molar-refractivity contribution in [1.29, 1.82) is 0 Å². The van der Waals surface area contributed by atoms with Crippen LogP contribution in [0.1, 0.15) is 23.5 Å². The van der Waals surface area contributed by atoms with Crippen LogP contribution in [0.3, 0.4) is 0 Å². The Kier molecular flexibility index (Phi) is 2.11. The summed E-state index contributed by atoms with van der Waals surface area (Å²) in [6.07, 6.45) is 4.47. The van der Waals surface area contributed by atoms with E-state index in [9.17, 15) is 0 Å². The van der Waals surface area contributed by atoms with Crippen molar-refractivity contribution >= 4 is 10.9 Å². The summed E-state index contributed by atoms with van der Waals surface area (Å²) in [5.41, 5.74) is 10.5. The smallest absolute Gasteiger partial charge is 0.0459 e. The minimum atomic E-state index is 0.312. The second kappa shape index (κ2) is 3.59. The fourth-order valence-corrected chi connectivity index (χ4v) is 3.98. The zero-order chi connectivity index (χ0) is 12.3. The van der Waals surface area contributed by atoms with E-state index in [-0.39, 0.29) is 0 Å². The zero-order valence-electron chi connectivity index (χ0n) is 10.7. The molecule has 0 amide bonds. The van der Waals surface area contributed by atoms with Gasteiger partial charge in [-0.1, -0.05) is 12.1 Å². The number of nitrogens with one attached hydrogen (secondary N) is 1. The zero-order valence-corrected chi connectivity index (χ0v) is 10.7. The van der Waals surface area contributed by atoms with Crippen LogP contribution >= 0.6 is 0 Å². The van der Waals surface area contributed by atoms with Crippen LogP contribution in [-0.4, -0.2) is 35.6 Å². The Morgan fingerprint density at radius 2 is 2.28 bits per heavy atom. The summed E-state index contributed by atoms with van der Waals surface area (Å²) < 4.78 is 0. The van der Waals surface area contributed by atoms with E-state index in [1.807, 2.05) is 0 Å². The molecule has 94 valence electrons. The molecule has 1 fully saturated rings. The molecule has 3 nitrogen and oxygen atoms in total. The van der Waals surface area contributed by atoms with Crippen molar-refractivity contribution in [2.45, 2.75) is 30.8 Å². The molecule has 3 atom stereocenters. The molecule has 1 aromatic heterocycles. The number of nitrogens with two attached hydrogens (primary N) is 1. The van der Waals surface area contributed by atoms with Gasteiger partial charge in [0, 0.05) is 41.6 Å². The van der Waals surface area contributed by atoms with Gasteiger partial charge in [0.1, 0.15) is 0 Å². The lowest BCUT2D eigenvalue weighted by Crippen LogP contribution is -2.52. The van der Waals surface area contributed by atoms with Gasteiger partial charge in [0.15, 0.2) is 0 Å². The molecule has 4 rings (SSSR count). The molecule has 1 aliphatic carbocycles. The lowest BCUT2D eigenvalue weighted by Gasteiger charge is -2.44. The van der Waals surface area contributed by atoms with Crippen LogP contribution < -0.4 is 5.73 Å². The number of rotatable bonds is 0. The number of hydrogen-bond donors (Lipinski definition) is 2. The third-order valence-electron chi connectivity index (χ3n) is 4.76. The van der Waals surface area contributed by atoms with Gasteiger partial charge in [-0.2, -0.15) is 0 Å². The fraction of sp³-hybridized carbons (Fsp3) is 0.467. The first-order chi connectivity index (χ1) is 8.74. The molecule has 0 radical (unpaired) electrons. The number of aromatic nitrogens is 1. The van der Waals surface area contributed by atoms with Gasteiger partial charge in [0.05, 0.1) is 0 Å². The van der Waals surface area contributed by atoms with Crippen LogP contribution in [-0.2, 0) is 6.42 Å². The maximum atomic E-state index is 6.21. The van der Waals surface area contributed by atoms with Crippen molar-refractivity contribution in [1.82, 2.24) is 9.88 Å². The van der Waals surface area contributed by atoms with Crippen molar-refractivity contribution in [2.75, 3.05) is 13.6 Å². The molecule has 1 saturated heterocycles. The van der Waals surface area contributed by atoms with Gasteiger partial charge in [0.25, 0.3) is 0 Å². The second-order valence-corrected chi connectivity index (χ2v) is 5.90. The number of piperidine rings is 1. The molecule has 0 bridgehead atoms. The number of fused-ring (bicyclic) bond motifs is 2. The maximum Gasteiger partial charge on any atom is 0.0459 e. The highest BCUT2D eigenvalue weighted by Gasteiger charge is 2.38. The summed E-state index contributed by atoms with van der Waals surface area (Å²) >= 11 is 0. The Hall–Kier alpha value is -1.32. The number of aromatic amines is 1. The number of nitrogens with zero attached hydrogens (tertiary/aromatic N) is 1. The number of H-pyrrole nitrogens is 1. The molecular weight excluding hydrogens is 222 g/mol. The fourth-order valence-electron chi connectivity index (χ4n) is 3.98. The summed E-state index contributed by atoms with van der Waals surface area (Å²) in [4.78, 5) is 5.86. The summed E-state index contributed by atoms with van der Waals surface area (Å²) in [6.45, 7) is 1.02. The van der Waals surface area contributed by atoms with Crippen LogP contribution in [0.25, 0.3) is 10.9 Å². The molecule has 0 saturated carbocycles. The number of likely N-dealkylation sites (N-methyl/N-ethyl adjacent to an activating group) is 1. The first-order valence-electron chi connectivity index (χ1n) is 6.78. The van der Waals surface area contributed by atoms with Gasteiger partial charge in [-0.25, -0.2) is 0 Å². The Morgan fingerprint density at radius 3 is 3.17 bits per heavy atom. The Labute approximate surface area is 107 Å². The van der Waals surface area contributed by atoms with E-state index in [0.29, 0.717) is 18.0 Å². The molecule has 2 aromatic rings. The van der Waals surface area contributed by atoms with Gasteiger partial charge >= 0.3 is 0 Å². The summed E-state index contributed by atoms with van der Waals surface area (Å²) in [6, 6.07) is 7.57. The lowest BCUT2D eigenvalue weighted by molar-refractivity contribution is 0.141. The Balaban J connectivity index is 1.92. The summed E-state index contributed by atoms with van der Waals surface area (Å²) in [5.74, 6) is 0.603. The average Bonchev–Trinajstić information content (AvgIpc) is 2.76. The molecule has 3 heteroatoms. The normalized spacial score (nSPS) is 31.6. The standard InChI is InChI=1S/C15H19N3/c1-18-8-10(16)6-12-11-3-2-4-13-15(11)9(7-17-13)5-14(12)18/h2-4,7,10,12,14,17H,5-6,8,16H2,1H3/t10-,12-,14-/m1/s1. The first kappa shape index (κ1) is 10.6. The van der Waals surface area contributed by atoms with Crippen molar-refractivity contribution in [2.24, 2.45) is 5.73 Å². The van der Waals surface area contributed by atoms with Gasteiger partial charge < -0.3 is 15.6 Å². The van der Waals surface area contributed by atoms with Crippen LogP contribution in [0, 0.1) is 0 Å². The monoisotopic (exact) mass is 241 g/mol. The van der Waals surface area contributed by atoms with E-state index < -0.39 is 0 Å². The Bertz CT molecular complexity index is 601. The SMILES string of the molecule is CN1C[C@H](N)C[C@@H]2c3cccc4[nH]cc(c34)C[C@H]21. The van der Waals surface area contributed by atoms with Crippen molar-refractivity contribution in [3.8, 4) is 0 Å². The third-order valence-corrected chi connectivity index (χ3v) is 4.76. The largest absolute Gasteiger partial charge is 0.361 e. The number of hydrogen-bond acceptors (Lipinski definition) is 2. The van der Waals surface area contributed by atoms with Gasteiger partial charge in [-0.3, -0.25) is 0 Å². The molecule has 0 unspecified atom stereocenters. The third kappa shape index (κ3) is 1.32. The van der Waals surface area contributed by atoms with Gasteiger partial charge in [-0.15, -0.1) is 0 Å². The van der Waals surface area contributed by atoms with Crippen molar-refractivity contribution in [3.63, 3.8) is 0 Å². The quantitative estimate of drug-likeness (QED) is 0.739. The molecule has 18 heavy (non-hydrogen) atoms. The minimum Gasteiger partial charge on any atom is -0.361 e. The highest BCUT2D eigenvalue weighted by molar-refractivity contribution is 5.88. The average molecular weight is 241 g/mol. The van der Waals surface area contributed by atoms with Gasteiger partial charge in [0.2, 0.25) is 0 Å². The molecule has 2 aliphatic rings. The van der Waals surface area contributed by atoms with E-state index in [1.54, 1.807) is 0 Å². The predicted octanol–water partition coefficient (Wildman–Crippen LogP) is 1.84. The lowest BCUT2D eigenvalue weighted by atomic mass is 9.74. The molecule has 3 N–H and O–H groups in total. The predicted molar refractivity (Wildman–Crippen MR) is 73.8 cm³/mol. The highest BCUT2D eigenvalue weighted by Crippen LogP contribution is 2.42. The maximum absolute atomic E-state index is 6.21. The Morgan fingerprint density at radius 1 is 1.39 bits per heavy atom. The van der Waals surface area contributed by atoms with Crippen molar-refractivity contribution < 1.29 is 0 Å². The van der Waals surface area contributed by atoms with Crippen LogP contribution in [0.15, 0.2) is 24.4 Å².